The molecule has 0 spiro atoms. The van der Waals surface area contributed by atoms with E-state index >= 15 is 0 Å². The van der Waals surface area contributed by atoms with Gasteiger partial charge in [0.1, 0.15) is 0 Å². The maximum Gasteiger partial charge on any atom is 0.191 e. The normalized spacial score (nSPS) is 25.0. The monoisotopic (exact) mass is 506 g/mol. The van der Waals surface area contributed by atoms with E-state index in [1.807, 2.05) is 0 Å². The summed E-state index contributed by atoms with van der Waals surface area (Å²) in [6.07, 6.45) is 9.96. The van der Waals surface area contributed by atoms with Gasteiger partial charge in [0.25, 0.3) is 0 Å². The number of hydrogen-bond acceptors (Lipinski definition) is 4. The molecular weight excluding hydrogens is 467 g/mol. The molecule has 0 aromatic carbocycles. The number of morpholine rings is 1. The summed E-state index contributed by atoms with van der Waals surface area (Å²) in [6.45, 7) is 10.3. The van der Waals surface area contributed by atoms with Gasteiger partial charge in [-0.1, -0.05) is 11.6 Å². The SMILES string of the molecule is CCNC(=NCC(C1CCOC1)N1CCOCC1)NCCC1=CCCCC1.I. The fraction of sp³-hybridized carbons (Fsp3) is 0.857. The van der Waals surface area contributed by atoms with Crippen molar-refractivity contribution in [1.82, 2.24) is 15.5 Å². The summed E-state index contributed by atoms with van der Waals surface area (Å²) in [5.74, 6) is 1.54. The van der Waals surface area contributed by atoms with Crippen LogP contribution in [0.4, 0.5) is 0 Å². The second-order valence-corrected chi connectivity index (χ2v) is 7.84. The number of halogens is 1. The number of rotatable bonds is 8. The molecule has 162 valence electrons. The van der Waals surface area contributed by atoms with Crippen molar-refractivity contribution in [3.8, 4) is 0 Å². The number of guanidine groups is 1. The largest absolute Gasteiger partial charge is 0.381 e. The third-order valence-corrected chi connectivity index (χ3v) is 5.93. The van der Waals surface area contributed by atoms with Crippen LogP contribution in [0.3, 0.4) is 0 Å². The molecule has 0 aromatic heterocycles. The van der Waals surface area contributed by atoms with Crippen molar-refractivity contribution >= 4 is 29.9 Å². The zero-order chi connectivity index (χ0) is 18.7. The highest BCUT2D eigenvalue weighted by molar-refractivity contribution is 14.0. The highest BCUT2D eigenvalue weighted by Crippen LogP contribution is 2.22. The number of nitrogens with one attached hydrogen (secondary N) is 2. The highest BCUT2D eigenvalue weighted by Gasteiger charge is 2.31. The van der Waals surface area contributed by atoms with Crippen LogP contribution in [0.25, 0.3) is 0 Å². The molecule has 3 rings (SSSR count). The van der Waals surface area contributed by atoms with E-state index in [2.05, 4.69) is 28.5 Å². The average molecular weight is 506 g/mol. The Kier molecular flexibility index (Phi) is 11.8. The number of hydrogen-bond donors (Lipinski definition) is 2. The Morgan fingerprint density at radius 1 is 1.21 bits per heavy atom. The Labute approximate surface area is 187 Å². The number of allylic oxidation sites excluding steroid dienone is 1. The van der Waals surface area contributed by atoms with E-state index in [-0.39, 0.29) is 24.0 Å². The first-order chi connectivity index (χ1) is 13.4. The smallest absolute Gasteiger partial charge is 0.191 e. The fourth-order valence-corrected chi connectivity index (χ4v) is 4.33. The minimum absolute atomic E-state index is 0. The van der Waals surface area contributed by atoms with Crippen LogP contribution in [0, 0.1) is 5.92 Å². The fourth-order valence-electron chi connectivity index (χ4n) is 4.33. The van der Waals surface area contributed by atoms with Crippen LogP contribution < -0.4 is 10.6 Å². The lowest BCUT2D eigenvalue weighted by molar-refractivity contribution is 0.00368. The molecule has 2 fully saturated rings. The van der Waals surface area contributed by atoms with Crippen LogP contribution >= 0.6 is 24.0 Å². The van der Waals surface area contributed by atoms with Gasteiger partial charge in [0.15, 0.2) is 5.96 Å². The van der Waals surface area contributed by atoms with Crippen molar-refractivity contribution in [2.45, 2.75) is 51.5 Å². The quantitative estimate of drug-likeness (QED) is 0.230. The molecular formula is C21H39IN4O2. The van der Waals surface area contributed by atoms with Gasteiger partial charge >= 0.3 is 0 Å². The first-order valence-corrected chi connectivity index (χ1v) is 11.0. The molecule has 0 bridgehead atoms. The van der Waals surface area contributed by atoms with E-state index in [4.69, 9.17) is 14.5 Å². The highest BCUT2D eigenvalue weighted by atomic mass is 127. The van der Waals surface area contributed by atoms with Crippen LogP contribution in [0.5, 0.6) is 0 Å². The maximum atomic E-state index is 5.67. The topological polar surface area (TPSA) is 58.1 Å². The molecule has 0 amide bonds. The Balaban J connectivity index is 0.00000280. The first-order valence-electron chi connectivity index (χ1n) is 11.0. The van der Waals surface area contributed by atoms with E-state index < -0.39 is 0 Å². The summed E-state index contributed by atoms with van der Waals surface area (Å²) >= 11 is 0. The molecule has 7 heteroatoms. The van der Waals surface area contributed by atoms with E-state index in [1.165, 1.54) is 25.7 Å². The van der Waals surface area contributed by atoms with Crippen LogP contribution in [-0.2, 0) is 9.47 Å². The Bertz CT molecular complexity index is 489. The van der Waals surface area contributed by atoms with Crippen molar-refractivity contribution in [1.29, 1.82) is 0 Å². The minimum Gasteiger partial charge on any atom is -0.381 e. The third-order valence-electron chi connectivity index (χ3n) is 5.93. The second kappa shape index (κ2) is 13.8. The Hall–Kier alpha value is -0.380. The zero-order valence-corrected chi connectivity index (χ0v) is 19.8. The van der Waals surface area contributed by atoms with Gasteiger partial charge in [-0.3, -0.25) is 9.89 Å². The molecule has 3 aliphatic rings. The molecule has 2 aliphatic heterocycles. The van der Waals surface area contributed by atoms with Crippen LogP contribution in [0.1, 0.15) is 45.4 Å². The maximum absolute atomic E-state index is 5.67. The van der Waals surface area contributed by atoms with Gasteiger partial charge < -0.3 is 20.1 Å². The number of aliphatic imine (C=N–C) groups is 1. The van der Waals surface area contributed by atoms with E-state index in [9.17, 15) is 0 Å². The second-order valence-electron chi connectivity index (χ2n) is 7.84. The standard InChI is InChI=1S/C21H38N4O2.HI/c1-2-22-21(23-10-8-18-6-4-3-5-7-18)24-16-20(19-9-13-27-17-19)25-11-14-26-15-12-25;/h6,19-20H,2-5,7-17H2,1H3,(H2,22,23,24);1H. The lowest BCUT2D eigenvalue weighted by Gasteiger charge is -2.36. The Morgan fingerprint density at radius 2 is 2.07 bits per heavy atom. The molecule has 2 saturated heterocycles. The molecule has 28 heavy (non-hydrogen) atoms. The minimum atomic E-state index is 0. The summed E-state index contributed by atoms with van der Waals surface area (Å²) in [7, 11) is 0. The van der Waals surface area contributed by atoms with E-state index in [0.29, 0.717) is 12.0 Å². The summed E-state index contributed by atoms with van der Waals surface area (Å²) in [6, 6.07) is 0.452. The first kappa shape index (κ1) is 23.9. The van der Waals surface area contributed by atoms with Crippen LogP contribution in [-0.4, -0.2) is 76.1 Å². The van der Waals surface area contributed by atoms with Crippen molar-refractivity contribution in [2.75, 3.05) is 59.2 Å². The molecule has 2 unspecified atom stereocenters. The van der Waals surface area contributed by atoms with Gasteiger partial charge in [-0.15, -0.1) is 24.0 Å². The molecule has 2 N–H and O–H groups in total. The lowest BCUT2D eigenvalue weighted by atomic mass is 9.97. The molecule has 2 atom stereocenters. The molecule has 6 nitrogen and oxygen atoms in total. The zero-order valence-electron chi connectivity index (χ0n) is 17.5. The van der Waals surface area contributed by atoms with Gasteiger partial charge in [-0.25, -0.2) is 0 Å². The summed E-state index contributed by atoms with van der Waals surface area (Å²) in [5, 5.41) is 6.95. The van der Waals surface area contributed by atoms with Crippen LogP contribution in [0.15, 0.2) is 16.6 Å². The van der Waals surface area contributed by atoms with Crippen molar-refractivity contribution in [3.63, 3.8) is 0 Å². The molecule has 0 aromatic rings. The molecule has 1 aliphatic carbocycles. The predicted molar refractivity (Wildman–Crippen MR) is 126 cm³/mol. The molecule has 0 saturated carbocycles. The van der Waals surface area contributed by atoms with E-state index in [0.717, 1.165) is 78.0 Å². The predicted octanol–water partition coefficient (Wildman–Crippen LogP) is 2.79. The van der Waals surface area contributed by atoms with Gasteiger partial charge in [0.2, 0.25) is 0 Å². The molecule has 0 radical (unpaired) electrons. The third kappa shape index (κ3) is 7.80. The number of ether oxygens (including phenoxy) is 2. The van der Waals surface area contributed by atoms with Crippen molar-refractivity contribution in [3.05, 3.63) is 11.6 Å². The van der Waals surface area contributed by atoms with Gasteiger partial charge in [0.05, 0.1) is 26.4 Å². The van der Waals surface area contributed by atoms with Crippen molar-refractivity contribution < 1.29 is 9.47 Å². The number of nitrogens with zero attached hydrogens (tertiary/aromatic N) is 2. The summed E-state index contributed by atoms with van der Waals surface area (Å²) < 4.78 is 11.2. The van der Waals surface area contributed by atoms with Crippen LogP contribution in [0.2, 0.25) is 0 Å². The summed E-state index contributed by atoms with van der Waals surface area (Å²) in [5.41, 5.74) is 1.61. The van der Waals surface area contributed by atoms with E-state index in [1.54, 1.807) is 5.57 Å². The van der Waals surface area contributed by atoms with Gasteiger partial charge in [-0.2, -0.15) is 0 Å². The molecule has 2 heterocycles. The summed E-state index contributed by atoms with van der Waals surface area (Å²) in [4.78, 5) is 7.51. The Morgan fingerprint density at radius 3 is 2.75 bits per heavy atom. The van der Waals surface area contributed by atoms with Crippen molar-refractivity contribution in [2.24, 2.45) is 10.9 Å². The van der Waals surface area contributed by atoms with Gasteiger partial charge in [0, 0.05) is 44.7 Å². The average Bonchev–Trinajstić information content (AvgIpc) is 3.24. The van der Waals surface area contributed by atoms with Gasteiger partial charge in [-0.05, 0) is 45.4 Å². The lowest BCUT2D eigenvalue weighted by Crippen LogP contribution is -2.49.